The van der Waals surface area contributed by atoms with Crippen LogP contribution in [0.2, 0.25) is 0 Å². The van der Waals surface area contributed by atoms with Crippen LogP contribution < -0.4 is 5.32 Å². The largest absolute Gasteiger partial charge is 0.325 e. The number of Topliss-reactive ketones (excluding diaryl/α,β-unsaturated/α-hetero) is 1. The van der Waals surface area contributed by atoms with Crippen LogP contribution >= 0.6 is 0 Å². The first kappa shape index (κ1) is 20.6. The van der Waals surface area contributed by atoms with Crippen molar-refractivity contribution in [3.05, 3.63) is 70.8 Å². The van der Waals surface area contributed by atoms with E-state index in [1.807, 2.05) is 12.1 Å². The third-order valence-electron chi connectivity index (χ3n) is 5.46. The van der Waals surface area contributed by atoms with Crippen LogP contribution in [0.4, 0.5) is 13.6 Å². The van der Waals surface area contributed by atoms with Crippen LogP contribution in [-0.4, -0.2) is 29.2 Å². The maximum atomic E-state index is 14.2. The molecule has 5 nitrogen and oxygen atoms in total. The van der Waals surface area contributed by atoms with E-state index in [2.05, 4.69) is 19.2 Å². The number of carbonyl (C=O) groups is 3. The van der Waals surface area contributed by atoms with Crippen LogP contribution in [0.5, 0.6) is 0 Å². The zero-order chi connectivity index (χ0) is 21.3. The average molecular weight is 400 g/mol. The highest BCUT2D eigenvalue weighted by molar-refractivity contribution is 6.11. The van der Waals surface area contributed by atoms with Gasteiger partial charge in [-0.1, -0.05) is 38.1 Å². The van der Waals surface area contributed by atoms with Crippen LogP contribution in [0.15, 0.2) is 42.5 Å². The molecule has 1 fully saturated rings. The number of rotatable bonds is 6. The second-order valence-electron chi connectivity index (χ2n) is 7.43. The fourth-order valence-electron chi connectivity index (χ4n) is 3.37. The van der Waals surface area contributed by atoms with Crippen molar-refractivity contribution in [1.29, 1.82) is 0 Å². The molecule has 7 heteroatoms. The number of halogens is 2. The maximum absolute atomic E-state index is 14.2. The highest BCUT2D eigenvalue weighted by Gasteiger charge is 2.50. The van der Waals surface area contributed by atoms with Crippen LogP contribution in [-0.2, 0) is 10.3 Å². The Balaban J connectivity index is 1.81. The Labute approximate surface area is 167 Å². The molecule has 0 bridgehead atoms. The van der Waals surface area contributed by atoms with Gasteiger partial charge >= 0.3 is 6.03 Å². The number of carbonyl (C=O) groups excluding carboxylic acids is 3. The van der Waals surface area contributed by atoms with E-state index in [0.717, 1.165) is 35.1 Å². The van der Waals surface area contributed by atoms with E-state index in [4.69, 9.17) is 0 Å². The van der Waals surface area contributed by atoms with Crippen molar-refractivity contribution >= 4 is 17.7 Å². The quantitative estimate of drug-likeness (QED) is 0.586. The number of amides is 3. The van der Waals surface area contributed by atoms with Crippen LogP contribution in [0.25, 0.3) is 0 Å². The molecule has 29 heavy (non-hydrogen) atoms. The Hall–Kier alpha value is -3.09. The van der Waals surface area contributed by atoms with Crippen molar-refractivity contribution in [3.63, 3.8) is 0 Å². The van der Waals surface area contributed by atoms with Crippen molar-refractivity contribution in [2.75, 3.05) is 6.54 Å². The molecule has 152 valence electrons. The standard InChI is InChI=1S/C22H22F2N2O3/c1-4-13(2)14-5-7-15(8-6-14)19(27)12-26-20(28)22(3,25-21(26)29)17-11-16(23)9-10-18(17)24/h5-11,13H,4,12H2,1-3H3,(H,25,29)/t13-,22+/m1/s1. The van der Waals surface area contributed by atoms with Crippen molar-refractivity contribution in [1.82, 2.24) is 10.2 Å². The predicted molar refractivity (Wildman–Crippen MR) is 103 cm³/mol. The van der Waals surface area contributed by atoms with Gasteiger partial charge in [0.1, 0.15) is 17.2 Å². The average Bonchev–Trinajstić information content (AvgIpc) is 2.93. The number of hydrogen-bond donors (Lipinski definition) is 1. The molecule has 1 aliphatic heterocycles. The minimum Gasteiger partial charge on any atom is -0.319 e. The minimum absolute atomic E-state index is 0.288. The fourth-order valence-corrected chi connectivity index (χ4v) is 3.37. The van der Waals surface area contributed by atoms with Gasteiger partial charge in [-0.15, -0.1) is 0 Å². The number of ketones is 1. The molecule has 1 N–H and O–H groups in total. The van der Waals surface area contributed by atoms with E-state index in [-0.39, 0.29) is 5.56 Å². The number of imide groups is 1. The van der Waals surface area contributed by atoms with Crippen molar-refractivity contribution < 1.29 is 23.2 Å². The Bertz CT molecular complexity index is 975. The highest BCUT2D eigenvalue weighted by atomic mass is 19.1. The first-order chi connectivity index (χ1) is 13.7. The lowest BCUT2D eigenvalue weighted by Gasteiger charge is -2.22. The molecular formula is C22H22F2N2O3. The van der Waals surface area contributed by atoms with Gasteiger partial charge in [-0.3, -0.25) is 14.5 Å². The van der Waals surface area contributed by atoms with Crippen LogP contribution in [0.3, 0.4) is 0 Å². The summed E-state index contributed by atoms with van der Waals surface area (Å²) < 4.78 is 27.8. The minimum atomic E-state index is -1.79. The zero-order valence-corrected chi connectivity index (χ0v) is 16.5. The molecule has 2 atom stereocenters. The summed E-state index contributed by atoms with van der Waals surface area (Å²) in [7, 11) is 0. The summed E-state index contributed by atoms with van der Waals surface area (Å²) in [6.45, 7) is 4.95. The predicted octanol–water partition coefficient (Wildman–Crippen LogP) is 4.13. The topological polar surface area (TPSA) is 66.5 Å². The highest BCUT2D eigenvalue weighted by Crippen LogP contribution is 2.31. The number of benzene rings is 2. The molecule has 0 unspecified atom stereocenters. The molecule has 2 aromatic carbocycles. The third-order valence-corrected chi connectivity index (χ3v) is 5.46. The third kappa shape index (κ3) is 3.77. The van der Waals surface area contributed by atoms with Gasteiger partial charge in [0, 0.05) is 11.1 Å². The lowest BCUT2D eigenvalue weighted by Crippen LogP contribution is -2.42. The molecule has 0 radical (unpaired) electrons. The molecule has 0 spiro atoms. The second-order valence-corrected chi connectivity index (χ2v) is 7.43. The molecule has 0 aromatic heterocycles. The summed E-state index contributed by atoms with van der Waals surface area (Å²) >= 11 is 0. The van der Waals surface area contributed by atoms with Crippen molar-refractivity contribution in [2.24, 2.45) is 0 Å². The Morgan fingerprint density at radius 3 is 2.41 bits per heavy atom. The lowest BCUT2D eigenvalue weighted by atomic mass is 9.91. The second kappa shape index (κ2) is 7.73. The summed E-state index contributed by atoms with van der Waals surface area (Å²) in [6, 6.07) is 8.87. The number of urea groups is 1. The van der Waals surface area contributed by atoms with E-state index in [1.165, 1.54) is 6.92 Å². The summed E-state index contributed by atoms with van der Waals surface area (Å²) in [5, 5.41) is 2.38. The summed E-state index contributed by atoms with van der Waals surface area (Å²) in [4.78, 5) is 38.5. The van der Waals surface area contributed by atoms with E-state index >= 15 is 0 Å². The smallest absolute Gasteiger partial charge is 0.319 e. The number of nitrogens with one attached hydrogen (secondary N) is 1. The van der Waals surface area contributed by atoms with Crippen LogP contribution in [0.1, 0.15) is 54.6 Å². The molecule has 2 aromatic rings. The first-order valence-electron chi connectivity index (χ1n) is 9.40. The van der Waals surface area contributed by atoms with Gasteiger partial charge in [-0.2, -0.15) is 0 Å². The van der Waals surface area contributed by atoms with Gasteiger partial charge in [0.05, 0.1) is 6.54 Å². The Morgan fingerprint density at radius 1 is 1.14 bits per heavy atom. The number of hydrogen-bond acceptors (Lipinski definition) is 3. The zero-order valence-electron chi connectivity index (χ0n) is 16.5. The van der Waals surface area contributed by atoms with E-state index in [9.17, 15) is 23.2 Å². The molecule has 1 saturated heterocycles. The van der Waals surface area contributed by atoms with Gasteiger partial charge in [-0.05, 0) is 43.0 Å². The van der Waals surface area contributed by atoms with Gasteiger partial charge in [0.15, 0.2) is 5.78 Å². The molecule has 3 rings (SSSR count). The summed E-state index contributed by atoms with van der Waals surface area (Å²) in [5.74, 6) is -2.44. The van der Waals surface area contributed by atoms with Crippen molar-refractivity contribution in [2.45, 2.75) is 38.6 Å². The first-order valence-corrected chi connectivity index (χ1v) is 9.40. The molecule has 0 aliphatic carbocycles. The maximum Gasteiger partial charge on any atom is 0.325 e. The van der Waals surface area contributed by atoms with Crippen molar-refractivity contribution in [3.8, 4) is 0 Å². The normalized spacial score (nSPS) is 20.0. The van der Waals surface area contributed by atoms with Gasteiger partial charge < -0.3 is 5.32 Å². The van der Waals surface area contributed by atoms with Gasteiger partial charge in [0.25, 0.3) is 5.91 Å². The Kier molecular flexibility index (Phi) is 5.50. The molecule has 1 heterocycles. The molecule has 3 amide bonds. The van der Waals surface area contributed by atoms with Crippen LogP contribution in [0, 0.1) is 11.6 Å². The lowest BCUT2D eigenvalue weighted by molar-refractivity contribution is -0.130. The monoisotopic (exact) mass is 400 g/mol. The molecule has 0 saturated carbocycles. The molecule has 1 aliphatic rings. The van der Waals surface area contributed by atoms with E-state index < -0.39 is 41.4 Å². The summed E-state index contributed by atoms with van der Waals surface area (Å²) in [6.07, 6.45) is 0.963. The summed E-state index contributed by atoms with van der Waals surface area (Å²) in [5.41, 5.74) is -0.621. The fraction of sp³-hybridized carbons (Fsp3) is 0.318. The Morgan fingerprint density at radius 2 is 1.79 bits per heavy atom. The van der Waals surface area contributed by atoms with Gasteiger partial charge in [0.2, 0.25) is 0 Å². The number of nitrogens with zero attached hydrogens (tertiary/aromatic N) is 1. The van der Waals surface area contributed by atoms with Gasteiger partial charge in [-0.25, -0.2) is 13.6 Å². The van der Waals surface area contributed by atoms with E-state index in [1.54, 1.807) is 12.1 Å². The SMILES string of the molecule is CC[C@@H](C)c1ccc(C(=O)CN2C(=O)N[C@@](C)(c3cc(F)ccc3F)C2=O)cc1. The molecular weight excluding hydrogens is 378 g/mol. The van der Waals surface area contributed by atoms with E-state index in [0.29, 0.717) is 11.5 Å².